The van der Waals surface area contributed by atoms with Crippen LogP contribution in [0.15, 0.2) is 36.4 Å². The van der Waals surface area contributed by atoms with Gasteiger partial charge in [0.25, 0.3) is 0 Å². The van der Waals surface area contributed by atoms with Gasteiger partial charge in [0.2, 0.25) is 0 Å². The minimum absolute atomic E-state index is 0.138. The first-order valence-corrected chi connectivity index (χ1v) is 8.65. The fraction of sp³-hybridized carbons (Fsp3) is 0.429. The lowest BCUT2D eigenvalue weighted by Gasteiger charge is -2.26. The summed E-state index contributed by atoms with van der Waals surface area (Å²) >= 11 is 0. The third-order valence-electron chi connectivity index (χ3n) is 4.98. The summed E-state index contributed by atoms with van der Waals surface area (Å²) in [7, 11) is 1.58. The van der Waals surface area contributed by atoms with Gasteiger partial charge in [0.05, 0.1) is 13.2 Å². The number of phenols is 2. The number of ether oxygens (including phenoxy) is 1. The number of phenolic OH excluding ortho intramolecular Hbond substituents is 2. The summed E-state index contributed by atoms with van der Waals surface area (Å²) < 4.78 is 5.41. The second-order valence-corrected chi connectivity index (χ2v) is 7.06. The van der Waals surface area contributed by atoms with Gasteiger partial charge in [0.15, 0.2) is 0 Å². The highest BCUT2D eigenvalue weighted by Gasteiger charge is 2.24. The minimum Gasteiger partial charge on any atom is -0.508 e. The summed E-state index contributed by atoms with van der Waals surface area (Å²) in [6.45, 7) is 6.30. The van der Waals surface area contributed by atoms with Crippen molar-refractivity contribution in [3.8, 4) is 17.2 Å². The summed E-state index contributed by atoms with van der Waals surface area (Å²) in [5, 5.41) is 30.1. The maximum atomic E-state index is 10.4. The Balaban J connectivity index is 2.22. The Labute approximate surface area is 149 Å². The Kier molecular flexibility index (Phi) is 5.96. The number of hydrogen-bond acceptors (Lipinski definition) is 4. The molecule has 136 valence electrons. The van der Waals surface area contributed by atoms with E-state index in [1.165, 1.54) is 0 Å². The van der Waals surface area contributed by atoms with E-state index in [-0.39, 0.29) is 16.9 Å². The SMILES string of the molecule is CCC(C)(C)c1cc(CCC(O)c2ccc(O)cc2)c(OC)cc1O. The van der Waals surface area contributed by atoms with Gasteiger partial charge in [-0.05, 0) is 54.0 Å². The second kappa shape index (κ2) is 7.79. The molecule has 4 nitrogen and oxygen atoms in total. The van der Waals surface area contributed by atoms with E-state index in [0.717, 1.165) is 23.1 Å². The van der Waals surface area contributed by atoms with Gasteiger partial charge in [-0.15, -0.1) is 0 Å². The summed E-state index contributed by atoms with van der Waals surface area (Å²) in [6, 6.07) is 10.2. The highest BCUT2D eigenvalue weighted by Crippen LogP contribution is 2.38. The molecule has 1 atom stereocenters. The average molecular weight is 344 g/mol. The molecule has 0 bridgehead atoms. The number of aliphatic hydroxyl groups is 1. The smallest absolute Gasteiger partial charge is 0.125 e. The monoisotopic (exact) mass is 344 g/mol. The molecule has 3 N–H and O–H groups in total. The molecule has 1 unspecified atom stereocenters. The number of aromatic hydroxyl groups is 2. The van der Waals surface area contributed by atoms with Crippen LogP contribution in [0.2, 0.25) is 0 Å². The highest BCUT2D eigenvalue weighted by atomic mass is 16.5. The van der Waals surface area contributed by atoms with E-state index in [1.54, 1.807) is 37.4 Å². The molecule has 0 aliphatic heterocycles. The standard InChI is InChI=1S/C21H28O4/c1-5-21(2,3)17-12-15(20(25-4)13-19(17)24)8-11-18(23)14-6-9-16(22)10-7-14/h6-7,9-10,12-13,18,22-24H,5,8,11H2,1-4H3. The third kappa shape index (κ3) is 4.45. The van der Waals surface area contributed by atoms with Crippen molar-refractivity contribution in [3.63, 3.8) is 0 Å². The zero-order chi connectivity index (χ0) is 18.6. The second-order valence-electron chi connectivity index (χ2n) is 7.06. The van der Waals surface area contributed by atoms with Crippen LogP contribution in [0.25, 0.3) is 0 Å². The fourth-order valence-corrected chi connectivity index (χ4v) is 2.89. The van der Waals surface area contributed by atoms with Crippen LogP contribution >= 0.6 is 0 Å². The first-order valence-electron chi connectivity index (χ1n) is 8.65. The number of hydrogen-bond donors (Lipinski definition) is 3. The van der Waals surface area contributed by atoms with Crippen LogP contribution in [0.1, 0.15) is 56.4 Å². The van der Waals surface area contributed by atoms with Crippen molar-refractivity contribution in [3.05, 3.63) is 53.1 Å². The molecule has 0 spiro atoms. The van der Waals surface area contributed by atoms with Crippen LogP contribution in [-0.2, 0) is 11.8 Å². The molecule has 0 saturated carbocycles. The van der Waals surface area contributed by atoms with Crippen LogP contribution in [0.5, 0.6) is 17.2 Å². The molecule has 4 heteroatoms. The van der Waals surface area contributed by atoms with Gasteiger partial charge in [-0.3, -0.25) is 0 Å². The van der Waals surface area contributed by atoms with Crippen molar-refractivity contribution < 1.29 is 20.1 Å². The zero-order valence-electron chi connectivity index (χ0n) is 15.4. The van der Waals surface area contributed by atoms with Crippen molar-refractivity contribution in [1.29, 1.82) is 0 Å². The van der Waals surface area contributed by atoms with Crippen molar-refractivity contribution in [2.75, 3.05) is 7.11 Å². The predicted molar refractivity (Wildman–Crippen MR) is 99.4 cm³/mol. The zero-order valence-corrected chi connectivity index (χ0v) is 15.4. The van der Waals surface area contributed by atoms with Crippen molar-refractivity contribution in [2.45, 2.75) is 51.6 Å². The Hall–Kier alpha value is -2.20. The Bertz CT molecular complexity index is 705. The van der Waals surface area contributed by atoms with Gasteiger partial charge in [-0.1, -0.05) is 32.9 Å². The molecule has 2 aromatic rings. The topological polar surface area (TPSA) is 69.9 Å². The maximum Gasteiger partial charge on any atom is 0.125 e. The van der Waals surface area contributed by atoms with Crippen LogP contribution in [0.4, 0.5) is 0 Å². The predicted octanol–water partition coefficient (Wildman–Crippen LogP) is 4.46. The van der Waals surface area contributed by atoms with Crippen molar-refractivity contribution in [2.24, 2.45) is 0 Å². The Morgan fingerprint density at radius 3 is 2.28 bits per heavy atom. The first-order chi connectivity index (χ1) is 11.8. The van der Waals surface area contributed by atoms with Gasteiger partial charge in [-0.25, -0.2) is 0 Å². The fourth-order valence-electron chi connectivity index (χ4n) is 2.89. The van der Waals surface area contributed by atoms with E-state index < -0.39 is 6.10 Å². The summed E-state index contributed by atoms with van der Waals surface area (Å²) in [5.41, 5.74) is 2.49. The molecule has 0 saturated heterocycles. The van der Waals surface area contributed by atoms with Crippen LogP contribution in [-0.4, -0.2) is 22.4 Å². The van der Waals surface area contributed by atoms with Gasteiger partial charge < -0.3 is 20.1 Å². The van der Waals surface area contributed by atoms with Crippen molar-refractivity contribution >= 4 is 0 Å². The Morgan fingerprint density at radius 1 is 1.08 bits per heavy atom. The third-order valence-corrected chi connectivity index (χ3v) is 4.98. The lowest BCUT2D eigenvalue weighted by atomic mass is 9.80. The van der Waals surface area contributed by atoms with E-state index in [9.17, 15) is 15.3 Å². The minimum atomic E-state index is -0.623. The first kappa shape index (κ1) is 19.1. The summed E-state index contributed by atoms with van der Waals surface area (Å²) in [6.07, 6.45) is 1.43. The molecule has 25 heavy (non-hydrogen) atoms. The molecule has 0 aliphatic carbocycles. The van der Waals surface area contributed by atoms with E-state index in [1.807, 2.05) is 6.07 Å². The van der Waals surface area contributed by atoms with Crippen LogP contribution < -0.4 is 4.74 Å². The largest absolute Gasteiger partial charge is 0.508 e. The van der Waals surface area contributed by atoms with E-state index in [0.29, 0.717) is 18.6 Å². The average Bonchev–Trinajstić information content (AvgIpc) is 2.60. The molecule has 0 fully saturated rings. The maximum absolute atomic E-state index is 10.4. The molecule has 0 amide bonds. The lowest BCUT2D eigenvalue weighted by molar-refractivity contribution is 0.167. The molecule has 2 aromatic carbocycles. The highest BCUT2D eigenvalue weighted by molar-refractivity contribution is 5.49. The normalized spacial score (nSPS) is 12.8. The number of methoxy groups -OCH3 is 1. The van der Waals surface area contributed by atoms with Gasteiger partial charge >= 0.3 is 0 Å². The van der Waals surface area contributed by atoms with E-state index in [2.05, 4.69) is 20.8 Å². The van der Waals surface area contributed by atoms with Gasteiger partial charge in [0.1, 0.15) is 17.2 Å². The van der Waals surface area contributed by atoms with Crippen LogP contribution in [0.3, 0.4) is 0 Å². The molecule has 2 rings (SSSR count). The number of rotatable bonds is 7. The molecular formula is C21H28O4. The summed E-state index contributed by atoms with van der Waals surface area (Å²) in [4.78, 5) is 0. The number of aryl methyl sites for hydroxylation is 1. The quantitative estimate of drug-likeness (QED) is 0.693. The molecule has 0 aromatic heterocycles. The van der Waals surface area contributed by atoms with E-state index in [4.69, 9.17) is 4.74 Å². The lowest BCUT2D eigenvalue weighted by Crippen LogP contribution is -2.16. The van der Waals surface area contributed by atoms with Crippen LogP contribution in [0, 0.1) is 0 Å². The van der Waals surface area contributed by atoms with E-state index >= 15 is 0 Å². The molecule has 0 aliphatic rings. The molecule has 0 heterocycles. The summed E-state index contributed by atoms with van der Waals surface area (Å²) in [5.74, 6) is 1.06. The van der Waals surface area contributed by atoms with Gasteiger partial charge in [-0.2, -0.15) is 0 Å². The van der Waals surface area contributed by atoms with Gasteiger partial charge in [0, 0.05) is 11.6 Å². The Morgan fingerprint density at radius 2 is 1.72 bits per heavy atom. The molecular weight excluding hydrogens is 316 g/mol. The number of benzene rings is 2. The number of aliphatic hydroxyl groups excluding tert-OH is 1. The molecule has 0 radical (unpaired) electrons. The van der Waals surface area contributed by atoms with Crippen molar-refractivity contribution in [1.82, 2.24) is 0 Å².